The molecule has 3 aromatic heterocycles. The molecule has 0 unspecified atom stereocenters. The lowest BCUT2D eigenvalue weighted by Gasteiger charge is -2.03. The Kier molecular flexibility index (Phi) is 3.40. The second-order valence-electron chi connectivity index (χ2n) is 5.00. The van der Waals surface area contributed by atoms with Gasteiger partial charge in [0, 0.05) is 40.4 Å². The smallest absolute Gasteiger partial charge is 0.247 e. The molecule has 4 rings (SSSR count). The molecule has 0 atom stereocenters. The Hall–Kier alpha value is -2.92. The summed E-state index contributed by atoms with van der Waals surface area (Å²) in [4.78, 5) is 8.44. The number of anilines is 2. The molecular weight excluding hydrogens is 310 g/mol. The number of fused-ring (bicyclic) bond motifs is 1. The number of hydrogen-bond acceptors (Lipinski definition) is 4. The topological polar surface area (TPSA) is 55.1 Å². The van der Waals surface area contributed by atoms with Gasteiger partial charge in [-0.25, -0.2) is 4.52 Å². The van der Waals surface area contributed by atoms with Crippen molar-refractivity contribution in [1.29, 1.82) is 0 Å². The van der Waals surface area contributed by atoms with Crippen molar-refractivity contribution in [1.82, 2.24) is 19.6 Å². The first kappa shape index (κ1) is 13.7. The summed E-state index contributed by atoms with van der Waals surface area (Å²) in [6, 6.07) is 15.4. The highest BCUT2D eigenvalue weighted by molar-refractivity contribution is 6.33. The minimum absolute atomic E-state index is 0.535. The maximum Gasteiger partial charge on any atom is 0.247 e. The summed E-state index contributed by atoms with van der Waals surface area (Å²) in [5.74, 6) is 0.535. The van der Waals surface area contributed by atoms with Crippen molar-refractivity contribution in [3.8, 4) is 11.1 Å². The number of hydrogen-bond donors (Lipinski definition) is 1. The summed E-state index contributed by atoms with van der Waals surface area (Å²) in [6.45, 7) is 0. The highest BCUT2D eigenvalue weighted by atomic mass is 35.5. The van der Waals surface area contributed by atoms with Crippen molar-refractivity contribution in [3.63, 3.8) is 0 Å². The molecule has 0 saturated heterocycles. The summed E-state index contributed by atoms with van der Waals surface area (Å²) in [7, 11) is 0. The van der Waals surface area contributed by atoms with Crippen molar-refractivity contribution < 1.29 is 0 Å². The molecule has 0 bridgehead atoms. The van der Waals surface area contributed by atoms with Gasteiger partial charge in [-0.1, -0.05) is 29.8 Å². The third-order valence-corrected chi connectivity index (χ3v) is 3.78. The quantitative estimate of drug-likeness (QED) is 0.614. The largest absolute Gasteiger partial charge is 0.323 e. The van der Waals surface area contributed by atoms with E-state index >= 15 is 0 Å². The van der Waals surface area contributed by atoms with Crippen LogP contribution in [0.4, 0.5) is 11.6 Å². The second kappa shape index (κ2) is 5.70. The number of rotatable bonds is 3. The highest BCUT2D eigenvalue weighted by Crippen LogP contribution is 2.27. The fourth-order valence-corrected chi connectivity index (χ4v) is 2.60. The highest BCUT2D eigenvalue weighted by Gasteiger charge is 2.07. The van der Waals surface area contributed by atoms with Crippen LogP contribution in [0.3, 0.4) is 0 Å². The van der Waals surface area contributed by atoms with Gasteiger partial charge in [-0.3, -0.25) is 4.98 Å². The van der Waals surface area contributed by atoms with Crippen molar-refractivity contribution in [2.75, 3.05) is 5.32 Å². The molecule has 0 saturated carbocycles. The van der Waals surface area contributed by atoms with Crippen LogP contribution in [0.2, 0.25) is 5.02 Å². The standard InChI is InChI=1S/C17H12ClN5/c18-15-4-2-1-3-14(15)12-5-6-16-21-17(22-23(16)11-12)20-13-7-9-19-10-8-13/h1-11H,(H,19,20,22). The molecule has 0 radical (unpaired) electrons. The average Bonchev–Trinajstić information content (AvgIpc) is 2.97. The predicted molar refractivity (Wildman–Crippen MR) is 91.0 cm³/mol. The zero-order valence-corrected chi connectivity index (χ0v) is 12.8. The Labute approximate surface area is 137 Å². The number of nitrogens with zero attached hydrogens (tertiary/aromatic N) is 4. The van der Waals surface area contributed by atoms with Gasteiger partial charge in [0.1, 0.15) is 0 Å². The van der Waals surface area contributed by atoms with Crippen LogP contribution in [0.5, 0.6) is 0 Å². The van der Waals surface area contributed by atoms with E-state index < -0.39 is 0 Å². The van der Waals surface area contributed by atoms with Crippen LogP contribution in [0.15, 0.2) is 67.1 Å². The maximum absolute atomic E-state index is 6.26. The molecule has 1 aromatic carbocycles. The molecule has 0 aliphatic rings. The monoisotopic (exact) mass is 321 g/mol. The first-order valence-electron chi connectivity index (χ1n) is 7.08. The molecule has 0 aliphatic heterocycles. The number of benzene rings is 1. The van der Waals surface area contributed by atoms with E-state index in [0.29, 0.717) is 11.0 Å². The average molecular weight is 322 g/mol. The molecule has 23 heavy (non-hydrogen) atoms. The predicted octanol–water partition coefficient (Wildman–Crippen LogP) is 4.19. The van der Waals surface area contributed by atoms with E-state index in [4.69, 9.17) is 11.6 Å². The molecule has 0 spiro atoms. The van der Waals surface area contributed by atoms with Gasteiger partial charge in [-0.15, -0.1) is 5.10 Å². The Balaban J connectivity index is 1.71. The molecule has 5 nitrogen and oxygen atoms in total. The van der Waals surface area contributed by atoms with Crippen LogP contribution >= 0.6 is 11.6 Å². The Bertz CT molecular complexity index is 965. The molecule has 4 aromatic rings. The first-order valence-corrected chi connectivity index (χ1v) is 7.46. The molecule has 112 valence electrons. The minimum atomic E-state index is 0.535. The van der Waals surface area contributed by atoms with E-state index in [1.54, 1.807) is 16.9 Å². The van der Waals surface area contributed by atoms with Gasteiger partial charge in [0.2, 0.25) is 5.95 Å². The lowest BCUT2D eigenvalue weighted by molar-refractivity contribution is 0.967. The lowest BCUT2D eigenvalue weighted by Crippen LogP contribution is -1.93. The number of pyridine rings is 2. The molecule has 6 heteroatoms. The van der Waals surface area contributed by atoms with Gasteiger partial charge in [0.05, 0.1) is 0 Å². The fraction of sp³-hybridized carbons (Fsp3) is 0. The van der Waals surface area contributed by atoms with E-state index in [1.165, 1.54) is 0 Å². The van der Waals surface area contributed by atoms with Crippen LogP contribution in [0, 0.1) is 0 Å². The van der Waals surface area contributed by atoms with Crippen molar-refractivity contribution in [3.05, 3.63) is 72.1 Å². The minimum Gasteiger partial charge on any atom is -0.323 e. The van der Waals surface area contributed by atoms with E-state index in [2.05, 4.69) is 20.4 Å². The summed E-state index contributed by atoms with van der Waals surface area (Å²) < 4.78 is 1.74. The second-order valence-corrected chi connectivity index (χ2v) is 5.40. The zero-order valence-electron chi connectivity index (χ0n) is 12.0. The summed E-state index contributed by atoms with van der Waals surface area (Å²) in [5.41, 5.74) is 3.61. The number of nitrogens with one attached hydrogen (secondary N) is 1. The molecule has 3 heterocycles. The first-order chi connectivity index (χ1) is 11.3. The Morgan fingerprint density at radius 1 is 0.957 bits per heavy atom. The Morgan fingerprint density at radius 3 is 2.61 bits per heavy atom. The molecule has 1 N–H and O–H groups in total. The van der Waals surface area contributed by atoms with E-state index in [0.717, 1.165) is 22.5 Å². The normalized spacial score (nSPS) is 10.8. The van der Waals surface area contributed by atoms with Crippen molar-refractivity contribution in [2.24, 2.45) is 0 Å². The number of halogens is 1. The molecular formula is C17H12ClN5. The van der Waals surface area contributed by atoms with Gasteiger partial charge in [0.25, 0.3) is 0 Å². The number of aromatic nitrogens is 4. The van der Waals surface area contributed by atoms with Crippen LogP contribution < -0.4 is 5.32 Å². The summed E-state index contributed by atoms with van der Waals surface area (Å²) >= 11 is 6.26. The summed E-state index contributed by atoms with van der Waals surface area (Å²) in [6.07, 6.45) is 5.35. The SMILES string of the molecule is Clc1ccccc1-c1ccc2nc(Nc3ccncc3)nn2c1. The molecule has 0 aliphatic carbocycles. The van der Waals surface area contributed by atoms with Crippen molar-refractivity contribution in [2.45, 2.75) is 0 Å². The van der Waals surface area contributed by atoms with Crippen LogP contribution in [-0.2, 0) is 0 Å². The fourth-order valence-electron chi connectivity index (χ4n) is 2.36. The van der Waals surface area contributed by atoms with E-state index in [1.807, 2.05) is 54.7 Å². The third kappa shape index (κ3) is 2.74. The molecule has 0 amide bonds. The van der Waals surface area contributed by atoms with Gasteiger partial charge < -0.3 is 5.32 Å². The zero-order chi connectivity index (χ0) is 15.6. The van der Waals surface area contributed by atoms with Crippen molar-refractivity contribution >= 4 is 28.9 Å². The van der Waals surface area contributed by atoms with Gasteiger partial charge in [-0.05, 0) is 30.3 Å². The molecule has 0 fully saturated rings. The van der Waals surface area contributed by atoms with Gasteiger partial charge in [0.15, 0.2) is 5.65 Å². The van der Waals surface area contributed by atoms with Crippen LogP contribution in [0.25, 0.3) is 16.8 Å². The Morgan fingerprint density at radius 2 is 1.78 bits per heavy atom. The lowest BCUT2D eigenvalue weighted by atomic mass is 10.1. The summed E-state index contributed by atoms with van der Waals surface area (Å²) in [5, 5.41) is 8.32. The maximum atomic E-state index is 6.26. The third-order valence-electron chi connectivity index (χ3n) is 3.45. The van der Waals surface area contributed by atoms with E-state index in [-0.39, 0.29) is 0 Å². The van der Waals surface area contributed by atoms with E-state index in [9.17, 15) is 0 Å². The van der Waals surface area contributed by atoms with Gasteiger partial charge in [-0.2, -0.15) is 4.98 Å². The van der Waals surface area contributed by atoms with Crippen LogP contribution in [0.1, 0.15) is 0 Å². The van der Waals surface area contributed by atoms with Gasteiger partial charge >= 0.3 is 0 Å². The van der Waals surface area contributed by atoms with Crippen LogP contribution in [-0.4, -0.2) is 19.6 Å².